The molecule has 0 heterocycles. The van der Waals surface area contributed by atoms with Crippen LogP contribution in [-0.4, -0.2) is 66.3 Å². The van der Waals surface area contributed by atoms with Crippen LogP contribution >= 0.6 is 7.82 Å². The minimum absolute atomic E-state index is 0.0527. The molecule has 0 aliphatic rings. The average molecular weight is 735 g/mol. The summed E-state index contributed by atoms with van der Waals surface area (Å²) in [5.74, 6) is -0.385. The Bertz CT molecular complexity index is 795. The van der Waals surface area contributed by atoms with Gasteiger partial charge in [-0.05, 0) is 38.5 Å². The van der Waals surface area contributed by atoms with Gasteiger partial charge in [0.1, 0.15) is 12.2 Å². The molecule has 0 saturated carbocycles. The molecule has 3 atom stereocenters. The van der Waals surface area contributed by atoms with Gasteiger partial charge in [0.05, 0.1) is 26.4 Å². The number of allylic oxidation sites excluding steroid dienone is 2. The molecule has 298 valence electrons. The molecule has 0 amide bonds. The highest BCUT2D eigenvalue weighted by Crippen LogP contribution is 2.43. The monoisotopic (exact) mass is 735 g/mol. The fourth-order valence-electron chi connectivity index (χ4n) is 5.76. The molecule has 0 radical (unpaired) electrons. The summed E-state index contributed by atoms with van der Waals surface area (Å²) >= 11 is 0. The molecule has 3 N–H and O–H groups in total. The highest BCUT2D eigenvalue weighted by atomic mass is 31.2. The molecular formula is C40H79O9P. The summed E-state index contributed by atoms with van der Waals surface area (Å²) in [6.45, 7) is 3.53. The van der Waals surface area contributed by atoms with E-state index >= 15 is 0 Å². The lowest BCUT2D eigenvalue weighted by molar-refractivity contribution is -0.154. The van der Waals surface area contributed by atoms with Gasteiger partial charge >= 0.3 is 13.8 Å². The van der Waals surface area contributed by atoms with Gasteiger partial charge in [0.2, 0.25) is 0 Å². The van der Waals surface area contributed by atoms with Gasteiger partial charge in [-0.2, -0.15) is 0 Å². The zero-order chi connectivity index (χ0) is 36.8. The van der Waals surface area contributed by atoms with Crippen molar-refractivity contribution in [3.63, 3.8) is 0 Å². The first-order valence-electron chi connectivity index (χ1n) is 20.7. The molecule has 0 rings (SSSR count). The number of carbonyl (C=O) groups is 1. The molecule has 3 unspecified atom stereocenters. The Hall–Kier alpha value is -0.800. The van der Waals surface area contributed by atoms with Gasteiger partial charge in [-0.15, -0.1) is 0 Å². The molecule has 0 bridgehead atoms. The van der Waals surface area contributed by atoms with Crippen molar-refractivity contribution in [2.24, 2.45) is 0 Å². The lowest BCUT2D eigenvalue weighted by atomic mass is 10.1. The molecule has 0 aromatic carbocycles. The second-order valence-electron chi connectivity index (χ2n) is 14.0. The van der Waals surface area contributed by atoms with Crippen LogP contribution in [0.15, 0.2) is 12.2 Å². The number of hydrogen-bond donors (Lipinski definition) is 3. The largest absolute Gasteiger partial charge is 0.472 e. The van der Waals surface area contributed by atoms with Crippen molar-refractivity contribution in [1.82, 2.24) is 0 Å². The number of carbonyl (C=O) groups excluding carboxylic acids is 1. The summed E-state index contributed by atoms with van der Waals surface area (Å²) in [5.41, 5.74) is 0. The van der Waals surface area contributed by atoms with Gasteiger partial charge in [0.15, 0.2) is 0 Å². The molecular weight excluding hydrogens is 655 g/mol. The van der Waals surface area contributed by atoms with Crippen molar-refractivity contribution in [3.8, 4) is 0 Å². The van der Waals surface area contributed by atoms with Crippen LogP contribution in [0.25, 0.3) is 0 Å². The third-order valence-corrected chi connectivity index (χ3v) is 9.90. The minimum atomic E-state index is -4.51. The third-order valence-electron chi connectivity index (χ3n) is 8.95. The molecule has 0 aliphatic carbocycles. The van der Waals surface area contributed by atoms with E-state index in [4.69, 9.17) is 23.6 Å². The van der Waals surface area contributed by atoms with Gasteiger partial charge < -0.3 is 24.6 Å². The molecule has 10 heteroatoms. The summed E-state index contributed by atoms with van der Waals surface area (Å²) in [6, 6.07) is 0. The van der Waals surface area contributed by atoms with Crippen LogP contribution in [0.1, 0.15) is 194 Å². The SMILES string of the molecule is CCCCCCCCC/C=C\CCCCCCCCCC(=O)OC(COCCCCCCCCCCCCC)COP(=O)(O)OCC(O)CO. The van der Waals surface area contributed by atoms with Crippen LogP contribution in [0.4, 0.5) is 0 Å². The van der Waals surface area contributed by atoms with E-state index in [1.165, 1.54) is 135 Å². The molecule has 50 heavy (non-hydrogen) atoms. The number of hydrogen-bond acceptors (Lipinski definition) is 8. The number of unbranched alkanes of at least 4 members (excludes halogenated alkanes) is 24. The lowest BCUT2D eigenvalue weighted by Crippen LogP contribution is -2.29. The maximum Gasteiger partial charge on any atom is 0.472 e. The second kappa shape index (κ2) is 37.9. The molecule has 0 aromatic rings. The zero-order valence-corrected chi connectivity index (χ0v) is 33.3. The van der Waals surface area contributed by atoms with Crippen molar-refractivity contribution in [3.05, 3.63) is 12.2 Å². The van der Waals surface area contributed by atoms with Gasteiger partial charge in [-0.3, -0.25) is 13.8 Å². The number of phosphoric acid groups is 1. The Kier molecular flexibility index (Phi) is 37.3. The summed E-state index contributed by atoms with van der Waals surface area (Å²) in [6.07, 6.45) is 35.9. The van der Waals surface area contributed by atoms with E-state index in [1.807, 2.05) is 0 Å². The fourth-order valence-corrected chi connectivity index (χ4v) is 6.55. The summed E-state index contributed by atoms with van der Waals surface area (Å²) < 4.78 is 33.3. The summed E-state index contributed by atoms with van der Waals surface area (Å²) in [4.78, 5) is 22.5. The van der Waals surface area contributed by atoms with Crippen LogP contribution in [0.2, 0.25) is 0 Å². The minimum Gasteiger partial charge on any atom is -0.457 e. The first-order chi connectivity index (χ1) is 24.3. The number of aliphatic hydroxyl groups excluding tert-OH is 2. The molecule has 0 spiro atoms. The van der Waals surface area contributed by atoms with Crippen molar-refractivity contribution in [1.29, 1.82) is 0 Å². The molecule has 0 saturated heterocycles. The maximum absolute atomic E-state index is 12.6. The van der Waals surface area contributed by atoms with E-state index in [2.05, 4.69) is 26.0 Å². The number of ether oxygens (including phenoxy) is 2. The fraction of sp³-hybridized carbons (Fsp3) is 0.925. The van der Waals surface area contributed by atoms with E-state index in [0.717, 1.165) is 38.5 Å². The van der Waals surface area contributed by atoms with Gasteiger partial charge in [0.25, 0.3) is 0 Å². The van der Waals surface area contributed by atoms with E-state index in [0.29, 0.717) is 6.61 Å². The van der Waals surface area contributed by atoms with Gasteiger partial charge in [0, 0.05) is 13.0 Å². The van der Waals surface area contributed by atoms with E-state index in [-0.39, 0.29) is 25.6 Å². The Morgan fingerprint density at radius 1 is 0.600 bits per heavy atom. The Morgan fingerprint density at radius 2 is 1.02 bits per heavy atom. The molecule has 0 aromatic heterocycles. The molecule has 0 fully saturated rings. The Morgan fingerprint density at radius 3 is 1.50 bits per heavy atom. The Labute approximate surface area is 307 Å². The lowest BCUT2D eigenvalue weighted by Gasteiger charge is -2.20. The smallest absolute Gasteiger partial charge is 0.457 e. The number of rotatable bonds is 40. The number of aliphatic hydroxyl groups is 2. The molecule has 9 nitrogen and oxygen atoms in total. The standard InChI is InChI=1S/C40H79O9P/c1-3-5-7-9-11-13-15-16-17-18-19-20-21-22-24-26-28-30-32-40(43)49-39(37-48-50(44,45)47-35-38(42)34-41)36-46-33-31-29-27-25-23-14-12-10-8-6-4-2/h17-18,38-39,41-42H,3-16,19-37H2,1-2H3,(H,44,45)/b18-17-. The first kappa shape index (κ1) is 49.2. The third kappa shape index (κ3) is 37.0. The predicted molar refractivity (Wildman–Crippen MR) is 205 cm³/mol. The van der Waals surface area contributed by atoms with Crippen molar-refractivity contribution in [2.75, 3.05) is 33.0 Å². The number of esters is 1. The molecule has 0 aliphatic heterocycles. The normalized spacial score (nSPS) is 14.3. The average Bonchev–Trinajstić information content (AvgIpc) is 3.10. The maximum atomic E-state index is 12.6. The van der Waals surface area contributed by atoms with Crippen LogP contribution in [0, 0.1) is 0 Å². The zero-order valence-electron chi connectivity index (χ0n) is 32.4. The van der Waals surface area contributed by atoms with Crippen LogP contribution in [0.3, 0.4) is 0 Å². The predicted octanol–water partition coefficient (Wildman–Crippen LogP) is 10.9. The van der Waals surface area contributed by atoms with E-state index in [1.54, 1.807) is 0 Å². The second-order valence-corrected chi connectivity index (χ2v) is 15.5. The summed E-state index contributed by atoms with van der Waals surface area (Å²) in [7, 11) is -4.51. The van der Waals surface area contributed by atoms with Crippen LogP contribution in [-0.2, 0) is 27.9 Å². The topological polar surface area (TPSA) is 132 Å². The number of phosphoric ester groups is 1. The van der Waals surface area contributed by atoms with Crippen molar-refractivity contribution >= 4 is 13.8 Å². The first-order valence-corrected chi connectivity index (χ1v) is 22.2. The van der Waals surface area contributed by atoms with Crippen molar-refractivity contribution < 1.29 is 43.0 Å². The van der Waals surface area contributed by atoms with E-state index in [9.17, 15) is 19.4 Å². The summed E-state index contributed by atoms with van der Waals surface area (Å²) in [5, 5.41) is 18.3. The quantitative estimate of drug-likeness (QED) is 0.0243. The highest BCUT2D eigenvalue weighted by molar-refractivity contribution is 7.47. The van der Waals surface area contributed by atoms with Gasteiger partial charge in [-0.1, -0.05) is 161 Å². The van der Waals surface area contributed by atoms with Crippen molar-refractivity contribution in [2.45, 2.75) is 206 Å². The van der Waals surface area contributed by atoms with Crippen LogP contribution in [0.5, 0.6) is 0 Å². The van der Waals surface area contributed by atoms with E-state index < -0.39 is 33.2 Å². The van der Waals surface area contributed by atoms with Crippen LogP contribution < -0.4 is 0 Å². The highest BCUT2D eigenvalue weighted by Gasteiger charge is 2.26. The Balaban J connectivity index is 4.15. The van der Waals surface area contributed by atoms with Gasteiger partial charge in [-0.25, -0.2) is 4.57 Å².